The molecular formula is C20H25ClN4O2S2. The molecule has 0 aliphatic rings. The number of hydrogen-bond acceptors (Lipinski definition) is 7. The number of aromatic nitrogens is 2. The minimum atomic E-state index is -0.521. The first kappa shape index (κ1) is 21.8. The fourth-order valence-electron chi connectivity index (χ4n) is 2.84. The maximum absolute atomic E-state index is 12.0. The van der Waals surface area contributed by atoms with Gasteiger partial charge in [-0.25, -0.2) is 9.78 Å². The molecule has 9 heteroatoms. The largest absolute Gasteiger partial charge is 0.444 e. The molecule has 0 spiro atoms. The number of aryl methyl sites for hydroxylation is 1. The topological polar surface area (TPSA) is 76.1 Å². The number of ether oxygens (including phenoxy) is 1. The zero-order chi connectivity index (χ0) is 21.2. The van der Waals surface area contributed by atoms with Crippen molar-refractivity contribution in [3.63, 3.8) is 0 Å². The zero-order valence-electron chi connectivity index (χ0n) is 17.1. The van der Waals surface area contributed by atoms with E-state index in [0.717, 1.165) is 26.5 Å². The van der Waals surface area contributed by atoms with Crippen molar-refractivity contribution in [2.75, 3.05) is 5.32 Å². The summed E-state index contributed by atoms with van der Waals surface area (Å²) in [6, 6.07) is 4.02. The summed E-state index contributed by atoms with van der Waals surface area (Å²) in [6.45, 7) is 10.2. The number of thiophene rings is 2. The van der Waals surface area contributed by atoms with E-state index in [-0.39, 0.29) is 11.3 Å². The number of amides is 1. The number of anilines is 1. The first-order chi connectivity index (χ1) is 13.6. The first-order valence-electron chi connectivity index (χ1n) is 9.33. The number of halogens is 1. The average molecular weight is 453 g/mol. The fraction of sp³-hybridized carbons (Fsp3) is 0.450. The van der Waals surface area contributed by atoms with Gasteiger partial charge in [-0.2, -0.15) is 4.98 Å². The number of nitrogens with one attached hydrogen (secondary N) is 2. The minimum Gasteiger partial charge on any atom is -0.444 e. The van der Waals surface area contributed by atoms with Crippen LogP contribution >= 0.6 is 34.3 Å². The normalized spacial score (nSPS) is 12.8. The lowest BCUT2D eigenvalue weighted by molar-refractivity contribution is 0.0508. The number of nitrogens with zero attached hydrogens (tertiary/aromatic N) is 2. The van der Waals surface area contributed by atoms with Crippen molar-refractivity contribution in [2.45, 2.75) is 59.2 Å². The fourth-order valence-corrected chi connectivity index (χ4v) is 5.00. The van der Waals surface area contributed by atoms with Gasteiger partial charge in [-0.1, -0.05) is 6.07 Å². The molecule has 0 saturated heterocycles. The second-order valence-electron chi connectivity index (χ2n) is 7.85. The molecular weight excluding hydrogens is 428 g/mol. The van der Waals surface area contributed by atoms with Crippen LogP contribution in [-0.2, 0) is 17.7 Å². The van der Waals surface area contributed by atoms with Crippen LogP contribution in [0, 0.1) is 6.92 Å². The Morgan fingerprint density at radius 2 is 2.10 bits per heavy atom. The van der Waals surface area contributed by atoms with E-state index in [1.54, 1.807) is 22.7 Å². The summed E-state index contributed by atoms with van der Waals surface area (Å²) in [5.41, 5.74) is 1.39. The highest BCUT2D eigenvalue weighted by Crippen LogP contribution is 2.35. The zero-order valence-corrected chi connectivity index (χ0v) is 19.5. The molecule has 0 aliphatic heterocycles. The number of fused-ring (bicyclic) bond motifs is 1. The second kappa shape index (κ2) is 8.85. The van der Waals surface area contributed by atoms with Gasteiger partial charge in [-0.3, -0.25) is 0 Å². The van der Waals surface area contributed by atoms with E-state index < -0.39 is 11.7 Å². The van der Waals surface area contributed by atoms with Crippen molar-refractivity contribution in [1.29, 1.82) is 0 Å². The van der Waals surface area contributed by atoms with E-state index >= 15 is 0 Å². The summed E-state index contributed by atoms with van der Waals surface area (Å²) < 4.78 is 6.32. The van der Waals surface area contributed by atoms with Gasteiger partial charge in [0.1, 0.15) is 11.4 Å². The molecule has 6 nitrogen and oxygen atoms in total. The molecule has 3 heterocycles. The summed E-state index contributed by atoms with van der Waals surface area (Å²) in [5.74, 6) is 0.737. The molecule has 0 saturated carbocycles. The van der Waals surface area contributed by atoms with E-state index in [9.17, 15) is 4.79 Å². The van der Waals surface area contributed by atoms with Crippen LogP contribution in [0.1, 0.15) is 43.0 Å². The van der Waals surface area contributed by atoms with Crippen molar-refractivity contribution in [2.24, 2.45) is 0 Å². The lowest BCUT2D eigenvalue weighted by Crippen LogP contribution is -2.38. The van der Waals surface area contributed by atoms with Crippen molar-refractivity contribution in [1.82, 2.24) is 15.3 Å². The van der Waals surface area contributed by atoms with Crippen LogP contribution in [0.4, 0.5) is 10.6 Å². The van der Waals surface area contributed by atoms with Crippen LogP contribution in [0.2, 0.25) is 5.28 Å². The second-order valence-corrected chi connectivity index (χ2v) is 10.3. The van der Waals surface area contributed by atoms with E-state index in [2.05, 4.69) is 26.7 Å². The molecule has 1 unspecified atom stereocenters. The predicted octanol–water partition coefficient (Wildman–Crippen LogP) is 5.78. The highest BCUT2D eigenvalue weighted by molar-refractivity contribution is 7.19. The third kappa shape index (κ3) is 5.81. The Labute approximate surface area is 183 Å². The SMILES string of the molecule is Cc1c(CC(C)NC(=O)OC(C)(C)C)sc2c(NCc3cccs3)nc(Cl)nc12. The highest BCUT2D eigenvalue weighted by Gasteiger charge is 2.20. The quantitative estimate of drug-likeness (QED) is 0.463. The first-order valence-corrected chi connectivity index (χ1v) is 11.4. The molecule has 2 N–H and O–H groups in total. The number of carbonyl (C=O) groups excluding carboxylic acids is 1. The maximum Gasteiger partial charge on any atom is 0.407 e. The van der Waals surface area contributed by atoms with Crippen LogP contribution < -0.4 is 10.6 Å². The Hall–Kier alpha value is -1.90. The van der Waals surface area contributed by atoms with E-state index in [0.29, 0.717) is 13.0 Å². The van der Waals surface area contributed by atoms with E-state index in [1.165, 1.54) is 4.88 Å². The standard InChI is InChI=1S/C20H25ClN4O2S2/c1-11(23-19(26)27-20(3,4)5)9-14-12(2)15-16(29-14)17(25-18(21)24-15)22-10-13-7-6-8-28-13/h6-8,11H,9-10H2,1-5H3,(H,23,26)(H,22,24,25). The molecule has 1 amide bonds. The molecule has 0 aromatic carbocycles. The molecule has 3 rings (SSSR count). The van der Waals surface area contributed by atoms with Gasteiger partial charge in [0, 0.05) is 22.2 Å². The molecule has 0 aliphatic carbocycles. The van der Waals surface area contributed by atoms with Crippen molar-refractivity contribution in [3.05, 3.63) is 38.1 Å². The van der Waals surface area contributed by atoms with Crippen molar-refractivity contribution in [3.8, 4) is 0 Å². The minimum absolute atomic E-state index is 0.0810. The number of rotatable bonds is 6. The average Bonchev–Trinajstić information content (AvgIpc) is 3.21. The summed E-state index contributed by atoms with van der Waals surface area (Å²) in [6.07, 6.45) is 0.263. The Morgan fingerprint density at radius 1 is 1.34 bits per heavy atom. The summed E-state index contributed by atoms with van der Waals surface area (Å²) in [5, 5.41) is 8.54. The van der Waals surface area contributed by atoms with Gasteiger partial charge in [-0.05, 0) is 63.2 Å². The van der Waals surface area contributed by atoms with Crippen LogP contribution in [0.25, 0.3) is 10.2 Å². The predicted molar refractivity (Wildman–Crippen MR) is 121 cm³/mol. The van der Waals surface area contributed by atoms with E-state index in [4.69, 9.17) is 16.3 Å². The third-order valence-corrected chi connectivity index (χ3v) is 6.46. The molecule has 29 heavy (non-hydrogen) atoms. The maximum atomic E-state index is 12.0. The molecule has 156 valence electrons. The summed E-state index contributed by atoms with van der Waals surface area (Å²) >= 11 is 9.49. The van der Waals surface area contributed by atoms with Gasteiger partial charge in [0.25, 0.3) is 0 Å². The molecule has 0 bridgehead atoms. The highest BCUT2D eigenvalue weighted by atomic mass is 35.5. The molecule has 0 fully saturated rings. The van der Waals surface area contributed by atoms with Gasteiger partial charge in [0.2, 0.25) is 5.28 Å². The van der Waals surface area contributed by atoms with Gasteiger partial charge in [0.15, 0.2) is 0 Å². The van der Waals surface area contributed by atoms with Gasteiger partial charge in [-0.15, -0.1) is 22.7 Å². The number of hydrogen-bond donors (Lipinski definition) is 2. The number of carbonyl (C=O) groups is 1. The van der Waals surface area contributed by atoms with Crippen molar-refractivity contribution >= 4 is 56.4 Å². The van der Waals surface area contributed by atoms with Crippen LogP contribution in [0.5, 0.6) is 0 Å². The smallest absolute Gasteiger partial charge is 0.407 e. The van der Waals surface area contributed by atoms with Crippen molar-refractivity contribution < 1.29 is 9.53 Å². The lowest BCUT2D eigenvalue weighted by atomic mass is 10.1. The molecule has 3 aromatic rings. The third-order valence-electron chi connectivity index (χ3n) is 4.10. The Morgan fingerprint density at radius 3 is 2.76 bits per heavy atom. The lowest BCUT2D eigenvalue weighted by Gasteiger charge is -2.21. The Balaban J connectivity index is 1.77. The summed E-state index contributed by atoms with van der Waals surface area (Å²) in [4.78, 5) is 23.2. The molecule has 0 radical (unpaired) electrons. The van der Waals surface area contributed by atoms with Crippen LogP contribution in [0.15, 0.2) is 17.5 Å². The Kier molecular flexibility index (Phi) is 6.65. The monoisotopic (exact) mass is 452 g/mol. The van der Waals surface area contributed by atoms with Crippen LogP contribution in [0.3, 0.4) is 0 Å². The van der Waals surface area contributed by atoms with Gasteiger partial charge < -0.3 is 15.4 Å². The van der Waals surface area contributed by atoms with Gasteiger partial charge >= 0.3 is 6.09 Å². The van der Waals surface area contributed by atoms with Crippen LogP contribution in [-0.4, -0.2) is 27.7 Å². The summed E-state index contributed by atoms with van der Waals surface area (Å²) in [7, 11) is 0. The Bertz CT molecular complexity index is 996. The van der Waals surface area contributed by atoms with Gasteiger partial charge in [0.05, 0.1) is 16.8 Å². The number of alkyl carbamates (subject to hydrolysis) is 1. The molecule has 3 aromatic heterocycles. The molecule has 1 atom stereocenters. The van der Waals surface area contributed by atoms with E-state index in [1.807, 2.05) is 46.1 Å².